The minimum Gasteiger partial charge on any atom is -0.496 e. The van der Waals surface area contributed by atoms with Gasteiger partial charge >= 0.3 is 5.97 Å². The Bertz CT molecular complexity index is 1270. The van der Waals surface area contributed by atoms with Gasteiger partial charge in [-0.05, 0) is 43.0 Å². The molecule has 6 nitrogen and oxygen atoms in total. The van der Waals surface area contributed by atoms with E-state index in [1.54, 1.807) is 20.1 Å². The molecule has 3 aromatic rings. The highest BCUT2D eigenvalue weighted by molar-refractivity contribution is 5.98. The Labute approximate surface area is 219 Å². The van der Waals surface area contributed by atoms with Gasteiger partial charge in [-0.2, -0.15) is 5.26 Å². The van der Waals surface area contributed by atoms with Crippen molar-refractivity contribution in [2.45, 2.75) is 19.8 Å². The highest BCUT2D eigenvalue weighted by Crippen LogP contribution is 2.39. The summed E-state index contributed by atoms with van der Waals surface area (Å²) in [4.78, 5) is 17.1. The number of methoxy groups -OCH3 is 1. The Balaban J connectivity index is 1.68. The lowest BCUT2D eigenvalue weighted by Crippen LogP contribution is -2.42. The normalized spacial score (nSPS) is 13.1. The molecular weight excluding hydrogens is 462 g/mol. The highest BCUT2D eigenvalue weighted by Gasteiger charge is 2.25. The van der Waals surface area contributed by atoms with Gasteiger partial charge in [-0.15, -0.1) is 0 Å². The fourth-order valence-electron chi connectivity index (χ4n) is 4.64. The lowest BCUT2D eigenvalue weighted by molar-refractivity contribution is -0.137. The minimum atomic E-state index is -0.629. The fourth-order valence-corrected chi connectivity index (χ4v) is 4.64. The number of rotatable bonds is 10. The molecule has 6 heteroatoms. The molecule has 0 unspecified atom stereocenters. The van der Waals surface area contributed by atoms with Crippen LogP contribution < -0.4 is 14.5 Å². The van der Waals surface area contributed by atoms with E-state index >= 15 is 0 Å². The van der Waals surface area contributed by atoms with Gasteiger partial charge in [0.15, 0.2) is 0 Å². The molecule has 1 heterocycles. The lowest BCUT2D eigenvalue weighted by Gasteiger charge is -2.39. The Morgan fingerprint density at radius 2 is 1.46 bits per heavy atom. The van der Waals surface area contributed by atoms with Crippen LogP contribution in [0.25, 0.3) is 6.08 Å². The van der Waals surface area contributed by atoms with Gasteiger partial charge in [0.05, 0.1) is 25.1 Å². The first-order chi connectivity index (χ1) is 18.1. The van der Waals surface area contributed by atoms with E-state index in [4.69, 9.17) is 9.47 Å². The van der Waals surface area contributed by atoms with E-state index in [9.17, 15) is 10.1 Å². The van der Waals surface area contributed by atoms with Gasteiger partial charge in [-0.1, -0.05) is 60.7 Å². The van der Waals surface area contributed by atoms with Gasteiger partial charge in [0.25, 0.3) is 0 Å². The summed E-state index contributed by atoms with van der Waals surface area (Å²) in [6, 6.07) is 27.0. The molecule has 0 bridgehead atoms. The van der Waals surface area contributed by atoms with E-state index in [-0.39, 0.29) is 12.2 Å². The van der Waals surface area contributed by atoms with Crippen LogP contribution in [0.5, 0.6) is 5.75 Å². The number of hydrogen-bond donors (Lipinski definition) is 0. The first-order valence-corrected chi connectivity index (χ1v) is 12.7. The summed E-state index contributed by atoms with van der Waals surface area (Å²) in [7, 11) is 1.61. The van der Waals surface area contributed by atoms with Gasteiger partial charge < -0.3 is 19.3 Å². The van der Waals surface area contributed by atoms with Crippen molar-refractivity contribution in [1.29, 1.82) is 5.26 Å². The highest BCUT2D eigenvalue weighted by atomic mass is 16.5. The molecule has 0 radical (unpaired) electrons. The topological polar surface area (TPSA) is 65.8 Å². The van der Waals surface area contributed by atoms with E-state index < -0.39 is 5.97 Å². The minimum absolute atomic E-state index is 0.0484. The number of nitrogens with zero attached hydrogens (tertiary/aromatic N) is 3. The standard InChI is InChI=1S/C31H33N3O3/c1-3-37-31(35)27(23-32)20-26-21-28-29(22-30(26)36-2)34(17-15-25-12-8-5-9-13-25)19-18-33(28)16-14-24-10-6-4-7-11-24/h4-13,20-22H,3,14-19H2,1-2H3/b27-20+. The number of esters is 1. The van der Waals surface area contributed by atoms with Crippen LogP contribution in [-0.4, -0.2) is 45.9 Å². The van der Waals surface area contributed by atoms with Crippen LogP contribution in [0.3, 0.4) is 0 Å². The van der Waals surface area contributed by atoms with E-state index in [1.165, 1.54) is 11.1 Å². The summed E-state index contributed by atoms with van der Waals surface area (Å²) in [5, 5.41) is 9.59. The van der Waals surface area contributed by atoms with Gasteiger partial charge in [0.2, 0.25) is 0 Å². The molecule has 0 N–H and O–H groups in total. The van der Waals surface area contributed by atoms with Crippen LogP contribution in [0.15, 0.2) is 78.4 Å². The third kappa shape index (κ3) is 6.50. The molecule has 0 amide bonds. The average Bonchev–Trinajstić information content (AvgIpc) is 2.94. The summed E-state index contributed by atoms with van der Waals surface area (Å²) in [6.07, 6.45) is 3.43. The van der Waals surface area contributed by atoms with Crippen molar-refractivity contribution in [2.75, 3.05) is 49.7 Å². The number of hydrogen-bond acceptors (Lipinski definition) is 6. The Morgan fingerprint density at radius 1 is 0.919 bits per heavy atom. The summed E-state index contributed by atoms with van der Waals surface area (Å²) in [5.74, 6) is -0.0133. The number of carbonyl (C=O) groups excluding carboxylic acids is 1. The summed E-state index contributed by atoms with van der Waals surface area (Å²) >= 11 is 0. The lowest BCUT2D eigenvalue weighted by atomic mass is 10.0. The molecule has 0 spiro atoms. The molecule has 1 aliphatic rings. The number of fused-ring (bicyclic) bond motifs is 1. The van der Waals surface area contributed by atoms with Gasteiger partial charge in [0, 0.05) is 37.8 Å². The first-order valence-electron chi connectivity index (χ1n) is 12.7. The van der Waals surface area contributed by atoms with Crippen molar-refractivity contribution in [3.05, 3.63) is 95.1 Å². The smallest absolute Gasteiger partial charge is 0.348 e. The van der Waals surface area contributed by atoms with E-state index in [0.29, 0.717) is 11.3 Å². The zero-order chi connectivity index (χ0) is 26.0. The molecule has 0 atom stereocenters. The molecule has 37 heavy (non-hydrogen) atoms. The molecule has 0 saturated carbocycles. The predicted molar refractivity (Wildman–Crippen MR) is 148 cm³/mol. The monoisotopic (exact) mass is 495 g/mol. The molecule has 0 aliphatic carbocycles. The van der Waals surface area contributed by atoms with Crippen molar-refractivity contribution < 1.29 is 14.3 Å². The first kappa shape index (κ1) is 25.8. The van der Waals surface area contributed by atoms with Crippen LogP contribution in [0.4, 0.5) is 11.4 Å². The van der Waals surface area contributed by atoms with Crippen LogP contribution in [-0.2, 0) is 22.4 Å². The molecule has 190 valence electrons. The molecule has 4 rings (SSSR count). The molecular formula is C31H33N3O3. The van der Waals surface area contributed by atoms with Crippen molar-refractivity contribution in [2.24, 2.45) is 0 Å². The second-order valence-electron chi connectivity index (χ2n) is 8.92. The van der Waals surface area contributed by atoms with Crippen LogP contribution in [0.2, 0.25) is 0 Å². The van der Waals surface area contributed by atoms with Crippen molar-refractivity contribution in [3.8, 4) is 11.8 Å². The molecule has 0 saturated heterocycles. The third-order valence-corrected chi connectivity index (χ3v) is 6.59. The van der Waals surface area contributed by atoms with Gasteiger partial charge in [0.1, 0.15) is 17.4 Å². The van der Waals surface area contributed by atoms with Crippen LogP contribution in [0, 0.1) is 11.3 Å². The van der Waals surface area contributed by atoms with Crippen LogP contribution in [0.1, 0.15) is 23.6 Å². The summed E-state index contributed by atoms with van der Waals surface area (Å²) < 4.78 is 10.8. The van der Waals surface area contributed by atoms with E-state index in [0.717, 1.165) is 50.4 Å². The Morgan fingerprint density at radius 3 is 1.95 bits per heavy atom. The summed E-state index contributed by atoms with van der Waals surface area (Å²) in [5.41, 5.74) is 5.39. The quantitative estimate of drug-likeness (QED) is 0.217. The van der Waals surface area contributed by atoms with Crippen molar-refractivity contribution in [1.82, 2.24) is 0 Å². The zero-order valence-electron chi connectivity index (χ0n) is 21.5. The Hall–Kier alpha value is -4.24. The fraction of sp³-hybridized carbons (Fsp3) is 0.290. The van der Waals surface area contributed by atoms with E-state index in [1.807, 2.05) is 30.3 Å². The van der Waals surface area contributed by atoms with Crippen molar-refractivity contribution >= 4 is 23.4 Å². The largest absolute Gasteiger partial charge is 0.496 e. The van der Waals surface area contributed by atoms with Gasteiger partial charge in [-0.3, -0.25) is 0 Å². The second-order valence-corrected chi connectivity index (χ2v) is 8.92. The maximum atomic E-state index is 12.3. The second kappa shape index (κ2) is 12.6. The third-order valence-electron chi connectivity index (χ3n) is 6.59. The predicted octanol–water partition coefficient (Wildman–Crippen LogP) is 5.28. The molecule has 0 fully saturated rings. The van der Waals surface area contributed by atoms with E-state index in [2.05, 4.69) is 58.3 Å². The molecule has 1 aliphatic heterocycles. The average molecular weight is 496 g/mol. The zero-order valence-corrected chi connectivity index (χ0v) is 21.5. The number of ether oxygens (including phenoxy) is 2. The Kier molecular flexibility index (Phi) is 8.83. The molecule has 3 aromatic carbocycles. The SMILES string of the molecule is CCOC(=O)/C(C#N)=C/c1cc2c(cc1OC)N(CCc1ccccc1)CCN2CCc1ccccc1. The van der Waals surface area contributed by atoms with Crippen molar-refractivity contribution in [3.63, 3.8) is 0 Å². The number of benzene rings is 3. The van der Waals surface area contributed by atoms with Gasteiger partial charge in [-0.25, -0.2) is 4.79 Å². The number of anilines is 2. The van der Waals surface area contributed by atoms with Crippen LogP contribution >= 0.6 is 0 Å². The molecule has 0 aromatic heterocycles. The maximum absolute atomic E-state index is 12.3. The number of carbonyl (C=O) groups is 1. The number of nitriles is 1. The maximum Gasteiger partial charge on any atom is 0.348 e. The summed E-state index contributed by atoms with van der Waals surface area (Å²) in [6.45, 7) is 5.46.